The van der Waals surface area contributed by atoms with Crippen LogP contribution in [-0.4, -0.2) is 188 Å². The lowest BCUT2D eigenvalue weighted by Crippen LogP contribution is -2.55. The standard InChI is InChI=1S/C31H35FN4O3.C30H30FN5O2.C29H31FN4O2.C27H27ClFN3O2/c1-20-24-8-7-23-27(22-5-3-4-6-25(22)32)34-29(21-9-12-33-26(19-21)36-13-15-37-16-14-36)35-28(23)30(24,2)10-11-31(20)38-17-18-39-31;1-18-23-8-7-22-26(21-5-3-4-6-24(21)31)34-29(19-9-10-32-25(15-19)36-11-13-37-14-12-36)35-28(22)30(23,2)16-20-17-33-38-27(18)20;1-18-22-8-7-21-26(20-5-3-4-6-23(20)30)32-28(33-27(21)29(22,2)11-9-24(18)35)19-10-12-31-25(17-19)34-13-15-36-16-14-34;1-16-20-8-7-19-23(18-5-3-4-6-21(18)29)31-25(17-9-12-30-22(28)15-17)32-24(19)26(20,2)10-11-27(16)33-13-14-34-27/h3-6,9,12,19-20,24H,7-8,10-11,13-18H2,1-2H3;3-6,9-10,15,17-18,23H,7-8,11-14,16H2,1-2H3;3-6,10,12,17-18,22H,7-9,11,13-16H2,1-2H3;3-6,9,12,15-16,20H,7-8,10-11,13-14H2,1-2H3/t20-,24-,30-;18-,23-,30-;18-,22-,29-;16-,20-,26-/m1111/s1. The molecule has 25 nitrogen and oxygen atoms in total. The summed E-state index contributed by atoms with van der Waals surface area (Å²) in [6, 6.07) is 43.1. The van der Waals surface area contributed by atoms with E-state index >= 15 is 17.6 Å². The van der Waals surface area contributed by atoms with Crippen LogP contribution in [-0.2, 0) is 91.7 Å². The van der Waals surface area contributed by atoms with Crippen LogP contribution in [0.25, 0.3) is 90.6 Å². The number of carbonyl (C=O) groups is 1. The lowest BCUT2D eigenvalue weighted by atomic mass is 9.54. The molecule has 26 rings (SSSR count). The van der Waals surface area contributed by atoms with Crippen molar-refractivity contribution < 1.29 is 60.0 Å². The fourth-order valence-corrected chi connectivity index (χ4v) is 27.5. The normalized spacial score (nSPS) is 26.4. The minimum atomic E-state index is -0.496. The average molecular weight is 2010 g/mol. The summed E-state index contributed by atoms with van der Waals surface area (Å²) in [5.41, 5.74) is 16.7. The molecule has 3 saturated carbocycles. The molecule has 147 heavy (non-hydrogen) atoms. The highest BCUT2D eigenvalue weighted by Gasteiger charge is 2.61. The van der Waals surface area contributed by atoms with Gasteiger partial charge in [-0.2, -0.15) is 0 Å². The van der Waals surface area contributed by atoms with Crippen molar-refractivity contribution >= 4 is 34.8 Å². The number of hydrogen-bond donors (Lipinski definition) is 0. The second-order valence-corrected chi connectivity index (χ2v) is 43.4. The number of rotatable bonds is 11. The second kappa shape index (κ2) is 40.0. The molecule has 0 amide bonds. The van der Waals surface area contributed by atoms with Crippen molar-refractivity contribution in [2.45, 2.75) is 191 Å². The van der Waals surface area contributed by atoms with Gasteiger partial charge >= 0.3 is 0 Å². The van der Waals surface area contributed by atoms with Crippen molar-refractivity contribution in [2.24, 2.45) is 41.4 Å². The molecule has 0 unspecified atom stereocenters. The number of nitrogens with zero attached hydrogens (tertiary/aromatic N) is 16. The second-order valence-electron chi connectivity index (χ2n) is 43.0. The molecule has 5 aliphatic heterocycles. The van der Waals surface area contributed by atoms with E-state index in [0.29, 0.717) is 170 Å². The minimum absolute atomic E-state index is 0.000995. The van der Waals surface area contributed by atoms with Gasteiger partial charge in [0.2, 0.25) is 0 Å². The van der Waals surface area contributed by atoms with Gasteiger partial charge in [-0.3, -0.25) is 4.79 Å². The molecule has 8 fully saturated rings. The fourth-order valence-electron chi connectivity index (χ4n) is 27.3. The van der Waals surface area contributed by atoms with Crippen molar-refractivity contribution in [1.82, 2.24) is 65.0 Å². The van der Waals surface area contributed by atoms with E-state index in [4.69, 9.17) is 89.2 Å². The molecule has 12 atom stereocenters. The predicted molar refractivity (Wildman–Crippen MR) is 551 cm³/mol. The Morgan fingerprint density at radius 2 is 0.673 bits per heavy atom. The van der Waals surface area contributed by atoms with Gasteiger partial charge in [0.25, 0.3) is 0 Å². The number of ketones is 1. The van der Waals surface area contributed by atoms with Gasteiger partial charge in [-0.25, -0.2) is 77.4 Å². The number of halogens is 5. The smallest absolute Gasteiger partial charge is 0.171 e. The summed E-state index contributed by atoms with van der Waals surface area (Å²) in [5, 5.41) is 4.49. The summed E-state index contributed by atoms with van der Waals surface area (Å²) in [5.74, 6) is 6.16. The average Bonchev–Trinajstić information content (AvgIpc) is 1.72. The van der Waals surface area contributed by atoms with Crippen LogP contribution in [0, 0.1) is 64.7 Å². The summed E-state index contributed by atoms with van der Waals surface area (Å²) in [4.78, 5) is 78.1. The van der Waals surface area contributed by atoms with E-state index in [2.05, 4.69) is 101 Å². The van der Waals surface area contributed by atoms with Gasteiger partial charge in [0, 0.05) is 201 Å². The van der Waals surface area contributed by atoms with Gasteiger partial charge in [-0.05, 0) is 198 Å². The fraction of sp³-hybridized carbons (Fsp3) is 0.453. The van der Waals surface area contributed by atoms with E-state index in [1.807, 2.05) is 91.4 Å². The van der Waals surface area contributed by atoms with Crippen LogP contribution in [0.3, 0.4) is 0 Å². The first kappa shape index (κ1) is 98.2. The SMILES string of the molecule is C[C@@H]1[C@H]2CCc3c(-c4ccccc4F)nc(-c4ccnc(Cl)c4)nc3[C@]2(C)CCC12OCCO2.C[C@@H]1[C@H]2CCc3c(-c4ccccc4F)nc(-c4ccnc(N5CCOCC5)c4)nc3[C@]2(C)CCC12OCCO2.C[C@H]1C(=O)CC[C@@]2(C)c3nc(-c4ccnc(N5CCOCC5)c4)nc(-c4ccccc4F)c3CC[C@H]12.C[C@H]1c2oncc2C[C@@]2(C)c3nc(-c4ccnc(N5CCOCC5)c4)nc(-c4ccccc4F)c3CC[C@H]12. The monoisotopic (exact) mass is 2010 g/mol. The Kier molecular flexibility index (Phi) is 26.7. The number of anilines is 3. The van der Waals surface area contributed by atoms with E-state index in [0.717, 1.165) is 225 Å². The molecule has 8 aliphatic carbocycles. The molecule has 13 aromatic rings. The lowest BCUT2D eigenvalue weighted by Gasteiger charge is -2.54. The quantitative estimate of drug-likeness (QED) is 0.0859. The predicted octanol–water partition coefficient (Wildman–Crippen LogP) is 21.5. The van der Waals surface area contributed by atoms with Gasteiger partial charge in [0.15, 0.2) is 34.9 Å². The van der Waals surface area contributed by atoms with Crippen LogP contribution in [0.15, 0.2) is 181 Å². The number of pyridine rings is 4. The van der Waals surface area contributed by atoms with Crippen LogP contribution in [0.4, 0.5) is 35.0 Å². The Morgan fingerprint density at radius 3 is 1.03 bits per heavy atom. The van der Waals surface area contributed by atoms with Crippen molar-refractivity contribution in [1.29, 1.82) is 0 Å². The van der Waals surface area contributed by atoms with E-state index in [1.165, 1.54) is 24.3 Å². The lowest BCUT2D eigenvalue weighted by molar-refractivity contribution is -0.234. The van der Waals surface area contributed by atoms with Crippen molar-refractivity contribution in [3.63, 3.8) is 0 Å². The van der Waals surface area contributed by atoms with E-state index in [9.17, 15) is 4.79 Å². The molecule has 760 valence electrons. The topological polar surface area (TPSA) is 272 Å². The molecular formula is C117H123ClF4N16O9. The molecule has 5 saturated heterocycles. The van der Waals surface area contributed by atoms with Gasteiger partial charge < -0.3 is 52.4 Å². The molecule has 30 heteroatoms. The first-order chi connectivity index (χ1) is 71.4. The summed E-state index contributed by atoms with van der Waals surface area (Å²) in [6.07, 6.45) is 21.4. The third-order valence-electron chi connectivity index (χ3n) is 35.2. The maximum absolute atomic E-state index is 15.3. The summed E-state index contributed by atoms with van der Waals surface area (Å²) in [6.45, 7) is 29.4. The highest BCUT2D eigenvalue weighted by atomic mass is 35.5. The van der Waals surface area contributed by atoms with Crippen LogP contribution in [0.1, 0.15) is 182 Å². The molecule has 0 N–H and O–H groups in total. The zero-order valence-corrected chi connectivity index (χ0v) is 85.3. The molecule has 4 aromatic carbocycles. The van der Waals surface area contributed by atoms with Crippen molar-refractivity contribution in [3.05, 3.63) is 261 Å². The highest BCUT2D eigenvalue weighted by Crippen LogP contribution is 2.62. The van der Waals surface area contributed by atoms with Crippen LogP contribution >= 0.6 is 11.6 Å². The number of fused-ring (bicyclic) bond motifs is 13. The van der Waals surface area contributed by atoms with E-state index in [-0.39, 0.29) is 74.5 Å². The maximum Gasteiger partial charge on any atom is 0.171 e. The third kappa shape index (κ3) is 17.9. The van der Waals surface area contributed by atoms with Crippen LogP contribution < -0.4 is 14.7 Å². The Labute approximate surface area is 859 Å². The Balaban J connectivity index is 0.000000108. The molecule has 14 heterocycles. The number of ether oxygens (including phenoxy) is 7. The largest absolute Gasteiger partial charge is 0.378 e. The van der Waals surface area contributed by atoms with Gasteiger partial charge in [0.05, 0.1) is 118 Å². The number of morpholine rings is 3. The van der Waals surface area contributed by atoms with Gasteiger partial charge in [0.1, 0.15) is 57.4 Å². The molecule has 2 spiro atoms. The zero-order chi connectivity index (χ0) is 101. The summed E-state index contributed by atoms with van der Waals surface area (Å²) < 4.78 is 108. The van der Waals surface area contributed by atoms with Crippen LogP contribution in [0.2, 0.25) is 5.15 Å². The van der Waals surface area contributed by atoms with Crippen LogP contribution in [0.5, 0.6) is 0 Å². The Hall–Kier alpha value is -12.2. The zero-order valence-electron chi connectivity index (χ0n) is 84.5. The van der Waals surface area contributed by atoms with Crippen molar-refractivity contribution in [2.75, 3.05) is 120 Å². The third-order valence-corrected chi connectivity index (χ3v) is 35.4. The van der Waals surface area contributed by atoms with E-state index in [1.54, 1.807) is 54.9 Å². The van der Waals surface area contributed by atoms with Gasteiger partial charge in [-0.1, -0.05) is 121 Å². The summed E-state index contributed by atoms with van der Waals surface area (Å²) in [7, 11) is 0. The Bertz CT molecular complexity index is 7160. The molecular weight excluding hydrogens is 1880 g/mol. The molecule has 13 aliphatic rings. The molecule has 9 aromatic heterocycles. The maximum atomic E-state index is 15.3. The Morgan fingerprint density at radius 1 is 0.354 bits per heavy atom. The van der Waals surface area contributed by atoms with Gasteiger partial charge in [-0.15, -0.1) is 0 Å². The molecule has 0 bridgehead atoms. The highest BCUT2D eigenvalue weighted by molar-refractivity contribution is 6.29. The van der Waals surface area contributed by atoms with E-state index < -0.39 is 11.6 Å². The summed E-state index contributed by atoms with van der Waals surface area (Å²) >= 11 is 6.19. The number of hydrogen-bond acceptors (Lipinski definition) is 25. The number of benzene rings is 4. The first-order valence-electron chi connectivity index (χ1n) is 52.5. The first-order valence-corrected chi connectivity index (χ1v) is 52.9. The number of Topliss-reactive ketones (excluding diaryl/α,β-unsaturated/α-hetero) is 1. The minimum Gasteiger partial charge on any atom is -0.378 e. The van der Waals surface area contributed by atoms with Crippen molar-refractivity contribution in [3.8, 4) is 90.6 Å². The number of aromatic nitrogens is 13. The molecule has 0 radical (unpaired) electrons. The number of carbonyl (C=O) groups excluding carboxylic acids is 1.